The van der Waals surface area contributed by atoms with Crippen LogP contribution >= 0.6 is 22.9 Å². The highest BCUT2D eigenvalue weighted by Crippen LogP contribution is 2.27. The maximum Gasteiger partial charge on any atom is 0.108 e. The first kappa shape index (κ1) is 6.62. The topological polar surface area (TPSA) is 12.9 Å². The van der Waals surface area contributed by atoms with Crippen molar-refractivity contribution < 1.29 is 0 Å². The smallest absolute Gasteiger partial charge is 0.108 e. The zero-order chi connectivity index (χ0) is 6.97. The summed E-state index contributed by atoms with van der Waals surface area (Å²) in [6.07, 6.45) is 3.68. The van der Waals surface area contributed by atoms with Gasteiger partial charge in [-0.05, 0) is 19.3 Å². The maximum absolute atomic E-state index is 5.64. The predicted molar refractivity (Wildman–Crippen MR) is 43.7 cm³/mol. The number of alkyl halides is 1. The number of hydrogen-bond acceptors (Lipinski definition) is 2. The van der Waals surface area contributed by atoms with Crippen molar-refractivity contribution in [3.05, 3.63) is 15.6 Å². The SMILES string of the molecule is ClCc1nc2c(s1)CCC2. The van der Waals surface area contributed by atoms with Gasteiger partial charge in [0.2, 0.25) is 0 Å². The van der Waals surface area contributed by atoms with Crippen molar-refractivity contribution in [1.82, 2.24) is 4.98 Å². The Kier molecular flexibility index (Phi) is 1.66. The second-order valence-electron chi connectivity index (χ2n) is 2.46. The van der Waals surface area contributed by atoms with E-state index in [1.54, 1.807) is 11.3 Å². The van der Waals surface area contributed by atoms with Gasteiger partial charge in [-0.3, -0.25) is 0 Å². The summed E-state index contributed by atoms with van der Waals surface area (Å²) < 4.78 is 0. The molecule has 0 spiro atoms. The Hall–Kier alpha value is -0.0800. The van der Waals surface area contributed by atoms with Crippen LogP contribution in [0.15, 0.2) is 0 Å². The molecule has 2 rings (SSSR count). The van der Waals surface area contributed by atoms with E-state index >= 15 is 0 Å². The number of thiazole rings is 1. The molecule has 1 aromatic heterocycles. The van der Waals surface area contributed by atoms with E-state index in [2.05, 4.69) is 4.98 Å². The summed E-state index contributed by atoms with van der Waals surface area (Å²) in [6, 6.07) is 0. The van der Waals surface area contributed by atoms with E-state index in [1.165, 1.54) is 29.8 Å². The average molecular weight is 174 g/mol. The summed E-state index contributed by atoms with van der Waals surface area (Å²) in [5.74, 6) is 0.581. The summed E-state index contributed by atoms with van der Waals surface area (Å²) in [7, 11) is 0. The van der Waals surface area contributed by atoms with Crippen LogP contribution in [0.5, 0.6) is 0 Å². The lowest BCUT2D eigenvalue weighted by molar-refractivity contribution is 0.895. The Bertz CT molecular complexity index is 222. The predicted octanol–water partition coefficient (Wildman–Crippen LogP) is 2.37. The Morgan fingerprint density at radius 2 is 2.40 bits per heavy atom. The van der Waals surface area contributed by atoms with E-state index in [-0.39, 0.29) is 0 Å². The standard InChI is InChI=1S/C7H8ClNS/c8-4-7-9-5-2-1-3-6(5)10-7/h1-4H2. The Labute approximate surface area is 69.0 Å². The molecule has 0 radical (unpaired) electrons. The van der Waals surface area contributed by atoms with Crippen LogP contribution in [0.3, 0.4) is 0 Å². The van der Waals surface area contributed by atoms with Gasteiger partial charge in [0.05, 0.1) is 11.6 Å². The molecule has 1 aliphatic carbocycles. The van der Waals surface area contributed by atoms with Gasteiger partial charge in [0.1, 0.15) is 5.01 Å². The number of hydrogen-bond donors (Lipinski definition) is 0. The van der Waals surface area contributed by atoms with Gasteiger partial charge in [0.25, 0.3) is 0 Å². The highest BCUT2D eigenvalue weighted by Gasteiger charge is 2.15. The molecule has 0 saturated heterocycles. The van der Waals surface area contributed by atoms with E-state index in [0.29, 0.717) is 5.88 Å². The Morgan fingerprint density at radius 1 is 1.50 bits per heavy atom. The molecule has 0 bridgehead atoms. The number of halogens is 1. The minimum atomic E-state index is 0.581. The summed E-state index contributed by atoms with van der Waals surface area (Å²) in [5.41, 5.74) is 1.31. The summed E-state index contributed by atoms with van der Waals surface area (Å²) in [6.45, 7) is 0. The fourth-order valence-corrected chi connectivity index (χ4v) is 2.53. The molecule has 0 fully saturated rings. The molecule has 54 valence electrons. The molecule has 1 aromatic rings. The Morgan fingerprint density at radius 3 is 3.10 bits per heavy atom. The van der Waals surface area contributed by atoms with Gasteiger partial charge in [-0.15, -0.1) is 22.9 Å². The minimum absolute atomic E-state index is 0.581. The third-order valence-electron chi connectivity index (χ3n) is 1.75. The molecule has 10 heavy (non-hydrogen) atoms. The Balaban J connectivity index is 2.37. The first-order valence-electron chi connectivity index (χ1n) is 3.43. The molecule has 1 aliphatic rings. The van der Waals surface area contributed by atoms with E-state index in [1.807, 2.05) is 0 Å². The molecular weight excluding hydrogens is 166 g/mol. The quantitative estimate of drug-likeness (QED) is 0.595. The van der Waals surface area contributed by atoms with Crippen LogP contribution in [0.25, 0.3) is 0 Å². The number of aromatic nitrogens is 1. The van der Waals surface area contributed by atoms with E-state index in [0.717, 1.165) is 5.01 Å². The van der Waals surface area contributed by atoms with E-state index in [9.17, 15) is 0 Å². The highest BCUT2D eigenvalue weighted by atomic mass is 35.5. The number of nitrogens with zero attached hydrogens (tertiary/aromatic N) is 1. The first-order chi connectivity index (χ1) is 4.90. The van der Waals surface area contributed by atoms with Crippen molar-refractivity contribution in [2.75, 3.05) is 0 Å². The summed E-state index contributed by atoms with van der Waals surface area (Å²) >= 11 is 7.42. The van der Waals surface area contributed by atoms with Crippen molar-refractivity contribution in [3.63, 3.8) is 0 Å². The van der Waals surface area contributed by atoms with Gasteiger partial charge in [0, 0.05) is 4.88 Å². The van der Waals surface area contributed by atoms with Crippen LogP contribution in [0.2, 0.25) is 0 Å². The fourth-order valence-electron chi connectivity index (χ4n) is 1.30. The summed E-state index contributed by atoms with van der Waals surface area (Å²) in [5, 5.41) is 1.09. The average Bonchev–Trinajstić information content (AvgIpc) is 2.42. The number of fused-ring (bicyclic) bond motifs is 1. The van der Waals surface area contributed by atoms with E-state index < -0.39 is 0 Å². The molecule has 0 amide bonds. The molecule has 0 saturated carbocycles. The van der Waals surface area contributed by atoms with Crippen molar-refractivity contribution in [2.45, 2.75) is 25.1 Å². The lowest BCUT2D eigenvalue weighted by Gasteiger charge is -1.83. The van der Waals surface area contributed by atoms with Gasteiger partial charge in [-0.25, -0.2) is 4.98 Å². The van der Waals surface area contributed by atoms with Crippen LogP contribution in [0, 0.1) is 0 Å². The van der Waals surface area contributed by atoms with Gasteiger partial charge in [-0.2, -0.15) is 0 Å². The molecule has 0 aliphatic heterocycles. The molecule has 1 heterocycles. The van der Waals surface area contributed by atoms with Crippen molar-refractivity contribution in [3.8, 4) is 0 Å². The molecular formula is C7H8ClNS. The van der Waals surface area contributed by atoms with Crippen molar-refractivity contribution >= 4 is 22.9 Å². The number of aryl methyl sites for hydroxylation is 2. The normalized spacial score (nSPS) is 15.7. The maximum atomic E-state index is 5.64. The van der Waals surface area contributed by atoms with Crippen LogP contribution < -0.4 is 0 Å². The summed E-state index contributed by atoms with van der Waals surface area (Å²) in [4.78, 5) is 5.86. The molecule has 0 unspecified atom stereocenters. The minimum Gasteiger partial charge on any atom is -0.245 e. The molecule has 0 atom stereocenters. The van der Waals surface area contributed by atoms with Crippen LogP contribution in [0.1, 0.15) is 22.0 Å². The molecule has 1 nitrogen and oxygen atoms in total. The third kappa shape index (κ3) is 0.956. The first-order valence-corrected chi connectivity index (χ1v) is 4.78. The van der Waals surface area contributed by atoms with Gasteiger partial charge in [0.15, 0.2) is 0 Å². The highest BCUT2D eigenvalue weighted by molar-refractivity contribution is 7.12. The number of rotatable bonds is 1. The van der Waals surface area contributed by atoms with Crippen molar-refractivity contribution in [1.29, 1.82) is 0 Å². The lowest BCUT2D eigenvalue weighted by Crippen LogP contribution is -1.79. The largest absolute Gasteiger partial charge is 0.245 e. The van der Waals surface area contributed by atoms with Crippen LogP contribution in [-0.2, 0) is 18.7 Å². The second kappa shape index (κ2) is 2.51. The van der Waals surface area contributed by atoms with E-state index in [4.69, 9.17) is 11.6 Å². The van der Waals surface area contributed by atoms with Crippen LogP contribution in [0.4, 0.5) is 0 Å². The molecule has 0 N–H and O–H groups in total. The lowest BCUT2D eigenvalue weighted by atomic mass is 10.4. The van der Waals surface area contributed by atoms with Gasteiger partial charge in [-0.1, -0.05) is 0 Å². The zero-order valence-corrected chi connectivity index (χ0v) is 7.13. The molecule has 0 aromatic carbocycles. The monoisotopic (exact) mass is 173 g/mol. The van der Waals surface area contributed by atoms with Crippen LogP contribution in [-0.4, -0.2) is 4.98 Å². The zero-order valence-electron chi connectivity index (χ0n) is 5.56. The van der Waals surface area contributed by atoms with Gasteiger partial charge >= 0.3 is 0 Å². The van der Waals surface area contributed by atoms with Gasteiger partial charge < -0.3 is 0 Å². The molecule has 3 heteroatoms. The third-order valence-corrected chi connectivity index (χ3v) is 3.32. The van der Waals surface area contributed by atoms with Crippen molar-refractivity contribution in [2.24, 2.45) is 0 Å². The second-order valence-corrected chi connectivity index (χ2v) is 3.90. The fraction of sp³-hybridized carbons (Fsp3) is 0.571.